The summed E-state index contributed by atoms with van der Waals surface area (Å²) in [4.78, 5) is 21.5. The van der Waals surface area contributed by atoms with Crippen LogP contribution < -0.4 is 11.1 Å². The molecule has 6 nitrogen and oxygen atoms in total. The second-order valence-electron chi connectivity index (χ2n) is 5.34. The van der Waals surface area contributed by atoms with Crippen LogP contribution in [0.3, 0.4) is 0 Å². The first-order valence-electron chi connectivity index (χ1n) is 6.53. The van der Waals surface area contributed by atoms with E-state index >= 15 is 0 Å². The minimum absolute atomic E-state index is 0.00237. The molecule has 114 valence electrons. The van der Waals surface area contributed by atoms with Crippen molar-refractivity contribution >= 4 is 17.3 Å². The molecule has 0 unspecified atom stereocenters. The molecule has 8 heteroatoms. The smallest absolute Gasteiger partial charge is 0.307 e. The number of hydrogen-bond acceptors (Lipinski definition) is 4. The minimum Gasteiger partial charge on any atom is -0.325 e. The SMILES string of the molecule is NC1(CC(=O)Nc2cc([N+](=O)[O-])c(F)cc2F)CCCC1. The van der Waals surface area contributed by atoms with Gasteiger partial charge in [0.15, 0.2) is 0 Å². The van der Waals surface area contributed by atoms with Crippen molar-refractivity contribution < 1.29 is 18.5 Å². The molecule has 1 saturated carbocycles. The molecule has 1 aromatic rings. The Morgan fingerprint density at radius 3 is 2.52 bits per heavy atom. The normalized spacial score (nSPS) is 16.7. The van der Waals surface area contributed by atoms with Gasteiger partial charge < -0.3 is 11.1 Å². The van der Waals surface area contributed by atoms with E-state index in [1.165, 1.54) is 0 Å². The zero-order valence-electron chi connectivity index (χ0n) is 11.2. The summed E-state index contributed by atoms with van der Waals surface area (Å²) in [6, 6.07) is 1.04. The van der Waals surface area contributed by atoms with E-state index in [4.69, 9.17) is 5.73 Å². The fourth-order valence-electron chi connectivity index (χ4n) is 2.54. The number of amides is 1. The van der Waals surface area contributed by atoms with Gasteiger partial charge in [0.25, 0.3) is 0 Å². The quantitative estimate of drug-likeness (QED) is 0.659. The van der Waals surface area contributed by atoms with E-state index in [2.05, 4.69) is 5.32 Å². The Hall–Kier alpha value is -2.09. The molecule has 0 spiro atoms. The van der Waals surface area contributed by atoms with Crippen LogP contribution in [0.4, 0.5) is 20.2 Å². The average Bonchev–Trinajstić information content (AvgIpc) is 2.78. The van der Waals surface area contributed by atoms with Gasteiger partial charge in [0.1, 0.15) is 5.82 Å². The molecule has 0 bridgehead atoms. The highest BCUT2D eigenvalue weighted by molar-refractivity contribution is 5.92. The number of anilines is 1. The van der Waals surface area contributed by atoms with Crippen molar-refractivity contribution in [2.45, 2.75) is 37.6 Å². The molecule has 0 aliphatic heterocycles. The molecule has 0 heterocycles. The fraction of sp³-hybridized carbons (Fsp3) is 0.462. The number of carbonyl (C=O) groups is 1. The summed E-state index contributed by atoms with van der Waals surface area (Å²) in [5, 5.41) is 12.8. The van der Waals surface area contributed by atoms with Gasteiger partial charge in [-0.3, -0.25) is 14.9 Å². The Labute approximate surface area is 119 Å². The van der Waals surface area contributed by atoms with Gasteiger partial charge in [-0.2, -0.15) is 4.39 Å². The van der Waals surface area contributed by atoms with Crippen molar-refractivity contribution in [1.29, 1.82) is 0 Å². The van der Waals surface area contributed by atoms with E-state index in [-0.39, 0.29) is 6.42 Å². The lowest BCUT2D eigenvalue weighted by atomic mass is 9.94. The highest BCUT2D eigenvalue weighted by Crippen LogP contribution is 2.31. The standard InChI is InChI=1S/C13H15F2N3O3/c14-8-5-9(15)11(18(20)21)6-10(8)17-12(19)7-13(16)3-1-2-4-13/h5-6H,1-4,7,16H2,(H,17,19). The van der Waals surface area contributed by atoms with E-state index in [1.54, 1.807) is 0 Å². The summed E-state index contributed by atoms with van der Waals surface area (Å²) in [5.74, 6) is -2.90. The predicted octanol–water partition coefficient (Wildman–Crippen LogP) is 2.47. The van der Waals surface area contributed by atoms with Gasteiger partial charge >= 0.3 is 5.69 Å². The Morgan fingerprint density at radius 2 is 1.95 bits per heavy atom. The molecule has 0 saturated heterocycles. The van der Waals surface area contributed by atoms with Crippen molar-refractivity contribution in [1.82, 2.24) is 0 Å². The van der Waals surface area contributed by atoms with E-state index in [1.807, 2.05) is 0 Å². The lowest BCUT2D eigenvalue weighted by Crippen LogP contribution is -2.40. The topological polar surface area (TPSA) is 98.3 Å². The number of benzene rings is 1. The van der Waals surface area contributed by atoms with Crippen LogP contribution in [-0.4, -0.2) is 16.4 Å². The van der Waals surface area contributed by atoms with Crippen molar-refractivity contribution in [3.63, 3.8) is 0 Å². The van der Waals surface area contributed by atoms with E-state index in [0.29, 0.717) is 25.0 Å². The number of nitrogens with one attached hydrogen (secondary N) is 1. The molecule has 3 N–H and O–H groups in total. The van der Waals surface area contributed by atoms with Gasteiger partial charge in [0.2, 0.25) is 11.7 Å². The number of nitrogens with zero attached hydrogens (tertiary/aromatic N) is 1. The Morgan fingerprint density at radius 1 is 1.33 bits per heavy atom. The minimum atomic E-state index is -1.29. The molecule has 1 aliphatic rings. The molecule has 1 amide bonds. The summed E-state index contributed by atoms with van der Waals surface area (Å²) in [6.07, 6.45) is 3.26. The molecule has 1 fully saturated rings. The molecular formula is C13H15F2N3O3. The third-order valence-corrected chi connectivity index (χ3v) is 3.62. The average molecular weight is 299 g/mol. The highest BCUT2D eigenvalue weighted by Gasteiger charge is 2.32. The van der Waals surface area contributed by atoms with Crippen LogP contribution in [0.2, 0.25) is 0 Å². The van der Waals surface area contributed by atoms with Crippen LogP contribution in [0.25, 0.3) is 0 Å². The fourth-order valence-corrected chi connectivity index (χ4v) is 2.54. The summed E-state index contributed by atoms with van der Waals surface area (Å²) in [6.45, 7) is 0. The van der Waals surface area contributed by atoms with Gasteiger partial charge in [-0.15, -0.1) is 0 Å². The number of carbonyl (C=O) groups excluding carboxylic acids is 1. The van der Waals surface area contributed by atoms with E-state index in [9.17, 15) is 23.7 Å². The molecule has 0 atom stereocenters. The monoisotopic (exact) mass is 299 g/mol. The highest BCUT2D eigenvalue weighted by atomic mass is 19.1. The summed E-state index contributed by atoms with van der Waals surface area (Å²) in [5.41, 5.74) is 4.10. The van der Waals surface area contributed by atoms with Gasteiger partial charge in [-0.1, -0.05) is 12.8 Å². The first kappa shape index (κ1) is 15.3. The summed E-state index contributed by atoms with van der Waals surface area (Å²) < 4.78 is 26.7. The number of hydrogen-bond donors (Lipinski definition) is 2. The summed E-state index contributed by atoms with van der Waals surface area (Å²) >= 11 is 0. The molecule has 2 rings (SSSR count). The van der Waals surface area contributed by atoms with Gasteiger partial charge in [-0.25, -0.2) is 4.39 Å². The molecule has 1 aliphatic carbocycles. The van der Waals surface area contributed by atoms with Crippen molar-refractivity contribution in [2.24, 2.45) is 5.73 Å². The van der Waals surface area contributed by atoms with E-state index < -0.39 is 39.4 Å². The lowest BCUT2D eigenvalue weighted by Gasteiger charge is -2.22. The number of nitro groups is 1. The first-order chi connectivity index (χ1) is 9.81. The molecule has 0 radical (unpaired) electrons. The van der Waals surface area contributed by atoms with Crippen LogP contribution in [0.5, 0.6) is 0 Å². The zero-order chi connectivity index (χ0) is 15.6. The van der Waals surface area contributed by atoms with Crippen molar-refractivity contribution in [3.05, 3.63) is 33.9 Å². The molecule has 1 aromatic carbocycles. The van der Waals surface area contributed by atoms with Crippen molar-refractivity contribution in [3.8, 4) is 0 Å². The Kier molecular flexibility index (Phi) is 4.17. The maximum atomic E-state index is 13.6. The first-order valence-corrected chi connectivity index (χ1v) is 6.53. The zero-order valence-corrected chi connectivity index (χ0v) is 11.2. The van der Waals surface area contributed by atoms with Gasteiger partial charge in [-0.05, 0) is 12.8 Å². The predicted molar refractivity (Wildman–Crippen MR) is 71.6 cm³/mol. The molecule has 0 aromatic heterocycles. The second kappa shape index (κ2) is 5.72. The summed E-state index contributed by atoms with van der Waals surface area (Å²) in [7, 11) is 0. The molecule has 21 heavy (non-hydrogen) atoms. The van der Waals surface area contributed by atoms with Crippen LogP contribution in [-0.2, 0) is 4.79 Å². The Bertz CT molecular complexity index is 586. The lowest BCUT2D eigenvalue weighted by molar-refractivity contribution is -0.387. The van der Waals surface area contributed by atoms with Gasteiger partial charge in [0, 0.05) is 24.1 Å². The van der Waals surface area contributed by atoms with E-state index in [0.717, 1.165) is 12.8 Å². The van der Waals surface area contributed by atoms with Crippen LogP contribution in [0.1, 0.15) is 32.1 Å². The van der Waals surface area contributed by atoms with Crippen LogP contribution in [0.15, 0.2) is 12.1 Å². The second-order valence-corrected chi connectivity index (χ2v) is 5.34. The van der Waals surface area contributed by atoms with Gasteiger partial charge in [0.05, 0.1) is 10.6 Å². The molecular weight excluding hydrogens is 284 g/mol. The number of rotatable bonds is 4. The number of halogens is 2. The number of nitro benzene ring substituents is 1. The Balaban J connectivity index is 2.13. The maximum absolute atomic E-state index is 13.6. The van der Waals surface area contributed by atoms with Crippen LogP contribution >= 0.6 is 0 Å². The van der Waals surface area contributed by atoms with Crippen LogP contribution in [0, 0.1) is 21.7 Å². The third-order valence-electron chi connectivity index (χ3n) is 3.62. The largest absolute Gasteiger partial charge is 0.325 e. The van der Waals surface area contributed by atoms with Crippen molar-refractivity contribution in [2.75, 3.05) is 5.32 Å². The number of nitrogens with two attached hydrogens (primary N) is 1. The third kappa shape index (κ3) is 3.52. The maximum Gasteiger partial charge on any atom is 0.307 e.